The van der Waals surface area contributed by atoms with Gasteiger partial charge in [-0.2, -0.15) is 0 Å². The van der Waals surface area contributed by atoms with E-state index in [1.54, 1.807) is 29.2 Å². The highest BCUT2D eigenvalue weighted by molar-refractivity contribution is 6.41. The fourth-order valence-electron chi connectivity index (χ4n) is 2.87. The van der Waals surface area contributed by atoms with Crippen LogP contribution < -0.4 is 5.32 Å². The molecular formula is C17H23BN2O5. The Bertz CT molecular complexity index is 596. The van der Waals surface area contributed by atoms with Crippen LogP contribution in [0.15, 0.2) is 43.0 Å². The Labute approximate surface area is 147 Å². The Kier molecular flexibility index (Phi) is 7.03. The number of benzene rings is 1. The van der Waals surface area contributed by atoms with E-state index in [0.717, 1.165) is 12.0 Å². The minimum atomic E-state index is -1.55. The second-order valence-corrected chi connectivity index (χ2v) is 5.98. The second-order valence-electron chi connectivity index (χ2n) is 5.98. The third-order valence-electron chi connectivity index (χ3n) is 4.08. The average Bonchev–Trinajstić information content (AvgIpc) is 2.61. The minimum Gasteiger partial charge on any atom is -0.444 e. The maximum absolute atomic E-state index is 12.2. The molecule has 1 aliphatic rings. The highest BCUT2D eigenvalue weighted by Crippen LogP contribution is 2.19. The zero-order valence-corrected chi connectivity index (χ0v) is 14.0. The van der Waals surface area contributed by atoms with Gasteiger partial charge in [0.15, 0.2) is 0 Å². The summed E-state index contributed by atoms with van der Waals surface area (Å²) in [4.78, 5) is 25.5. The first kappa shape index (κ1) is 19.0. The van der Waals surface area contributed by atoms with Gasteiger partial charge >= 0.3 is 13.2 Å². The summed E-state index contributed by atoms with van der Waals surface area (Å²) in [6, 6.07) is 8.44. The smallest absolute Gasteiger partial charge is 0.444 e. The maximum Gasteiger partial charge on any atom is 0.453 e. The zero-order chi connectivity index (χ0) is 18.2. The molecule has 7 nitrogen and oxygen atoms in total. The van der Waals surface area contributed by atoms with Gasteiger partial charge in [-0.15, -0.1) is 0 Å². The molecule has 0 aliphatic carbocycles. The Morgan fingerprint density at radius 2 is 2.12 bits per heavy atom. The molecule has 25 heavy (non-hydrogen) atoms. The summed E-state index contributed by atoms with van der Waals surface area (Å²) in [6.45, 7) is 4.41. The molecule has 1 aromatic carbocycles. The molecule has 0 radical (unpaired) electrons. The van der Waals surface area contributed by atoms with E-state index in [1.165, 1.54) is 6.08 Å². The van der Waals surface area contributed by atoms with Gasteiger partial charge in [0.1, 0.15) is 6.10 Å². The molecule has 1 heterocycles. The van der Waals surface area contributed by atoms with Crippen molar-refractivity contribution in [2.24, 2.45) is 0 Å². The molecule has 134 valence electrons. The number of alkyl carbamates (subject to hydrolysis) is 1. The quantitative estimate of drug-likeness (QED) is 0.529. The van der Waals surface area contributed by atoms with Crippen LogP contribution in [0.25, 0.3) is 0 Å². The van der Waals surface area contributed by atoms with Gasteiger partial charge in [-0.25, -0.2) is 4.79 Å². The number of ether oxygens (including phenoxy) is 1. The number of amides is 2. The SMILES string of the molecule is C=CC(=O)N1CCC[C@H](OC(=O)N[C@H](CB(O)O)c2ccccc2)C1. The molecule has 2 atom stereocenters. The molecular weight excluding hydrogens is 323 g/mol. The Balaban J connectivity index is 1.94. The van der Waals surface area contributed by atoms with Crippen molar-refractivity contribution in [1.82, 2.24) is 10.2 Å². The predicted molar refractivity (Wildman–Crippen MR) is 93.6 cm³/mol. The van der Waals surface area contributed by atoms with Crippen LogP contribution in [0.4, 0.5) is 4.79 Å². The second kappa shape index (κ2) is 9.24. The van der Waals surface area contributed by atoms with Crippen LogP contribution in [0.3, 0.4) is 0 Å². The summed E-state index contributed by atoms with van der Waals surface area (Å²) in [5.41, 5.74) is 0.750. The van der Waals surface area contributed by atoms with E-state index < -0.39 is 25.4 Å². The van der Waals surface area contributed by atoms with Crippen molar-refractivity contribution >= 4 is 19.1 Å². The lowest BCUT2D eigenvalue weighted by Crippen LogP contribution is -2.44. The van der Waals surface area contributed by atoms with Gasteiger partial charge in [0.2, 0.25) is 5.91 Å². The van der Waals surface area contributed by atoms with E-state index in [4.69, 9.17) is 4.74 Å². The van der Waals surface area contributed by atoms with Gasteiger partial charge in [-0.1, -0.05) is 36.9 Å². The third kappa shape index (κ3) is 5.92. The lowest BCUT2D eigenvalue weighted by atomic mass is 9.79. The van der Waals surface area contributed by atoms with Crippen molar-refractivity contribution in [3.8, 4) is 0 Å². The summed E-state index contributed by atoms with van der Waals surface area (Å²) in [7, 11) is -1.55. The van der Waals surface area contributed by atoms with Gasteiger partial charge < -0.3 is 25.0 Å². The van der Waals surface area contributed by atoms with E-state index >= 15 is 0 Å². The fraction of sp³-hybridized carbons (Fsp3) is 0.412. The molecule has 8 heteroatoms. The number of piperidine rings is 1. The number of rotatable bonds is 6. The highest BCUT2D eigenvalue weighted by atomic mass is 16.6. The van der Waals surface area contributed by atoms with Crippen LogP contribution in [0.5, 0.6) is 0 Å². The molecule has 2 amide bonds. The van der Waals surface area contributed by atoms with Crippen LogP contribution in [0, 0.1) is 0 Å². The number of nitrogens with one attached hydrogen (secondary N) is 1. The van der Waals surface area contributed by atoms with Gasteiger partial charge in [-0.05, 0) is 24.5 Å². The molecule has 0 unspecified atom stereocenters. The van der Waals surface area contributed by atoms with E-state index in [-0.39, 0.29) is 12.2 Å². The monoisotopic (exact) mass is 346 g/mol. The molecule has 1 fully saturated rings. The minimum absolute atomic E-state index is 0.0507. The third-order valence-corrected chi connectivity index (χ3v) is 4.08. The van der Waals surface area contributed by atoms with Gasteiger partial charge in [0.25, 0.3) is 0 Å². The summed E-state index contributed by atoms with van der Waals surface area (Å²) in [6.07, 6.45) is 1.57. The number of hydrogen-bond donors (Lipinski definition) is 3. The van der Waals surface area contributed by atoms with Crippen molar-refractivity contribution in [2.75, 3.05) is 13.1 Å². The number of nitrogens with zero attached hydrogens (tertiary/aromatic N) is 1. The molecule has 0 bridgehead atoms. The van der Waals surface area contributed by atoms with Crippen molar-refractivity contribution in [1.29, 1.82) is 0 Å². The normalized spacial score (nSPS) is 18.2. The summed E-state index contributed by atoms with van der Waals surface area (Å²) < 4.78 is 5.41. The lowest BCUT2D eigenvalue weighted by Gasteiger charge is -2.32. The van der Waals surface area contributed by atoms with Crippen molar-refractivity contribution in [3.63, 3.8) is 0 Å². The van der Waals surface area contributed by atoms with E-state index in [9.17, 15) is 19.6 Å². The largest absolute Gasteiger partial charge is 0.453 e. The molecule has 0 aromatic heterocycles. The van der Waals surface area contributed by atoms with Crippen molar-refractivity contribution in [2.45, 2.75) is 31.3 Å². The van der Waals surface area contributed by atoms with Crippen LogP contribution in [-0.2, 0) is 9.53 Å². The van der Waals surface area contributed by atoms with Crippen LogP contribution in [0.2, 0.25) is 6.32 Å². The number of hydrogen-bond acceptors (Lipinski definition) is 5. The average molecular weight is 346 g/mol. The zero-order valence-electron chi connectivity index (χ0n) is 14.0. The first-order chi connectivity index (χ1) is 12.0. The van der Waals surface area contributed by atoms with Crippen LogP contribution in [0.1, 0.15) is 24.4 Å². The maximum atomic E-state index is 12.2. The van der Waals surface area contributed by atoms with E-state index in [1.807, 2.05) is 6.07 Å². The number of likely N-dealkylation sites (tertiary alicyclic amines) is 1. The van der Waals surface area contributed by atoms with Crippen molar-refractivity contribution in [3.05, 3.63) is 48.6 Å². The van der Waals surface area contributed by atoms with Crippen molar-refractivity contribution < 1.29 is 24.4 Å². The van der Waals surface area contributed by atoms with Gasteiger partial charge in [0, 0.05) is 12.9 Å². The van der Waals surface area contributed by atoms with Crippen LogP contribution in [-0.4, -0.2) is 53.3 Å². The Morgan fingerprint density at radius 3 is 2.76 bits per heavy atom. The standard InChI is InChI=1S/C17H23BN2O5/c1-2-16(21)20-10-6-9-14(12-20)25-17(22)19-15(11-18(23)24)13-7-4-3-5-8-13/h2-5,7-8,14-15,23-24H,1,6,9-12H2,(H,19,22)/t14-,15+/m0/s1. The number of carbonyl (C=O) groups is 2. The molecule has 0 saturated carbocycles. The van der Waals surface area contributed by atoms with E-state index in [0.29, 0.717) is 19.5 Å². The molecule has 1 aromatic rings. The molecule has 2 rings (SSSR count). The highest BCUT2D eigenvalue weighted by Gasteiger charge is 2.27. The molecule has 1 aliphatic heterocycles. The summed E-state index contributed by atoms with van der Waals surface area (Å²) in [5.74, 6) is -0.181. The molecule has 0 spiro atoms. The lowest BCUT2D eigenvalue weighted by molar-refractivity contribution is -0.129. The molecule has 1 saturated heterocycles. The Hall–Kier alpha value is -2.32. The van der Waals surface area contributed by atoms with E-state index in [2.05, 4.69) is 11.9 Å². The first-order valence-corrected chi connectivity index (χ1v) is 8.29. The first-order valence-electron chi connectivity index (χ1n) is 8.29. The summed E-state index contributed by atoms with van der Waals surface area (Å²) in [5, 5.41) is 21.2. The van der Waals surface area contributed by atoms with Crippen LogP contribution >= 0.6 is 0 Å². The summed E-state index contributed by atoms with van der Waals surface area (Å²) >= 11 is 0. The predicted octanol–water partition coefficient (Wildman–Crippen LogP) is 1.10. The fourth-order valence-corrected chi connectivity index (χ4v) is 2.87. The van der Waals surface area contributed by atoms with Gasteiger partial charge in [0.05, 0.1) is 12.6 Å². The topological polar surface area (TPSA) is 99.1 Å². The Morgan fingerprint density at radius 1 is 1.40 bits per heavy atom. The number of carbonyl (C=O) groups excluding carboxylic acids is 2. The molecule has 3 N–H and O–H groups in total. The van der Waals surface area contributed by atoms with Gasteiger partial charge in [-0.3, -0.25) is 4.79 Å².